The number of nitrogens with two attached hydrogens (primary N) is 12. The maximum atomic E-state index is 13.6. The number of para-hydroxylation sites is 1. The Labute approximate surface area is 855 Å². The number of hydrogen-bond donors (Lipinski definition) is 24. The second-order valence-electron chi connectivity index (χ2n) is 33.9. The molecule has 6 amide bonds. The van der Waals surface area contributed by atoms with Crippen molar-refractivity contribution in [3.63, 3.8) is 0 Å². The van der Waals surface area contributed by atoms with Crippen LogP contribution in [0.3, 0.4) is 0 Å². The predicted molar refractivity (Wildman–Crippen MR) is 556 cm³/mol. The Kier molecular flexibility index (Phi) is 48.3. The van der Waals surface area contributed by atoms with Crippen molar-refractivity contribution in [2.24, 2.45) is 86.6 Å². The summed E-state index contributed by atoms with van der Waals surface area (Å²) < 4.78 is 15.1. The molecular formula is C102H130BrClN24O18+6. The van der Waals surface area contributed by atoms with Crippen LogP contribution in [0.2, 0.25) is 5.02 Å². The second-order valence-corrected chi connectivity index (χ2v) is 35.2. The summed E-state index contributed by atoms with van der Waals surface area (Å²) in [7, 11) is 3.60. The number of carbonyl (C=O) groups excluding carboxylic acids is 15. The minimum atomic E-state index is -1.02. The number of amides is 6. The fraction of sp³-hybridized carbons (Fsp3) is 0.324. The number of hydrogen-bond acceptors (Lipinski definition) is 18. The number of methoxy groups -OCH3 is 3. The summed E-state index contributed by atoms with van der Waals surface area (Å²) in [6.45, 7) is 2.34. The van der Waals surface area contributed by atoms with E-state index in [4.69, 9.17) is 94.6 Å². The van der Waals surface area contributed by atoms with E-state index in [9.17, 15) is 71.9 Å². The van der Waals surface area contributed by atoms with Crippen molar-refractivity contribution < 1.29 is 116 Å². The van der Waals surface area contributed by atoms with Crippen molar-refractivity contribution in [3.8, 4) is 0 Å². The third kappa shape index (κ3) is 39.4. The van der Waals surface area contributed by atoms with Gasteiger partial charge in [-0.15, -0.1) is 0 Å². The Hall–Kier alpha value is -16.6. The van der Waals surface area contributed by atoms with E-state index < -0.39 is 143 Å². The van der Waals surface area contributed by atoms with Gasteiger partial charge in [0.25, 0.3) is 17.7 Å². The van der Waals surface area contributed by atoms with E-state index in [-0.39, 0.29) is 113 Å². The van der Waals surface area contributed by atoms with Gasteiger partial charge in [0, 0.05) is 68.8 Å². The molecule has 0 bridgehead atoms. The van der Waals surface area contributed by atoms with Gasteiger partial charge < -0.3 is 46.1 Å². The maximum absolute atomic E-state index is 13.6. The van der Waals surface area contributed by atoms with Crippen LogP contribution in [0.4, 0.5) is 17.1 Å². The van der Waals surface area contributed by atoms with Crippen LogP contribution in [-0.2, 0) is 57.4 Å². The molecule has 0 saturated carbocycles. The summed E-state index contributed by atoms with van der Waals surface area (Å²) in [5.74, 6) is -13.1. The van der Waals surface area contributed by atoms with E-state index in [0.29, 0.717) is 118 Å². The predicted octanol–water partition coefficient (Wildman–Crippen LogP) is -4.08. The number of fused-ring (bicyclic) bond motifs is 3. The smallest absolute Gasteiger partial charge is 0.338 e. The number of unbranched alkanes of at least 4 members (excludes halogenated alkanes) is 3. The molecule has 0 aliphatic rings. The van der Waals surface area contributed by atoms with Crippen molar-refractivity contribution >= 4 is 201 Å². The summed E-state index contributed by atoms with van der Waals surface area (Å²) in [5.41, 5.74) is 66.5. The third-order valence-corrected chi connectivity index (χ3v) is 23.6. The first-order chi connectivity index (χ1) is 69.8. The molecule has 0 radical (unpaired) electrons. The number of carbonyl (C=O) groups is 15. The van der Waals surface area contributed by atoms with Gasteiger partial charge in [-0.1, -0.05) is 131 Å². The van der Waals surface area contributed by atoms with Crippen LogP contribution in [-0.4, -0.2) is 203 Å². The fourth-order valence-corrected chi connectivity index (χ4v) is 15.8. The lowest BCUT2D eigenvalue weighted by Gasteiger charge is -2.21. The van der Waals surface area contributed by atoms with Gasteiger partial charge in [0.1, 0.15) is 18.1 Å². The summed E-state index contributed by atoms with van der Waals surface area (Å²) in [6, 6.07) is 50.3. The van der Waals surface area contributed by atoms with Gasteiger partial charge in [-0.25, -0.2) is 14.4 Å². The van der Waals surface area contributed by atoms with Crippen molar-refractivity contribution in [3.05, 3.63) is 231 Å². The van der Waals surface area contributed by atoms with E-state index in [2.05, 4.69) is 77.8 Å². The average molecular weight is 2100 g/mol. The third-order valence-electron chi connectivity index (χ3n) is 22.9. The van der Waals surface area contributed by atoms with Crippen molar-refractivity contribution in [2.45, 2.75) is 134 Å². The molecule has 9 rings (SSSR count). The number of rotatable bonds is 54. The highest BCUT2D eigenvalue weighted by molar-refractivity contribution is 9.10. The van der Waals surface area contributed by atoms with Crippen LogP contribution in [0.5, 0.6) is 0 Å². The van der Waals surface area contributed by atoms with E-state index >= 15 is 0 Å². The van der Waals surface area contributed by atoms with Crippen LogP contribution in [0, 0.1) is 17.8 Å². The van der Waals surface area contributed by atoms with Crippen LogP contribution in [0.15, 0.2) is 193 Å². The molecule has 0 aliphatic heterocycles. The van der Waals surface area contributed by atoms with E-state index in [1.54, 1.807) is 54.6 Å². The van der Waals surface area contributed by atoms with Gasteiger partial charge in [-0.2, -0.15) is 0 Å². The minimum Gasteiger partial charge on any atom is -0.467 e. The lowest BCUT2D eigenvalue weighted by molar-refractivity contribution is -0.460. The standard InChI is InChI=1S/C34H41BrN8O6.C34H41ClN8O6.C34H42N8O6/c2*1-49-32(48)27(10-6-16-41-34(38)39)43-30(46)22(9-4-5-15-40-33(36)37)18-28(44)29(45)25-19-24(35)13-14-26(25)42-31(47)23-12-11-20-7-2-3-8-21(20)17-23;1-48-32(47)27(14-8-18-40-34(37)38)42-30(45)23(11-6-7-17-39-33(35)36)20-28(43)29(44)25-12-4-5-13-26(25)41-31(46)24-16-15-21-9-2-3-10-22(21)19-24/h2*2-3,7-8,11-14,17,19,22,27H,4-6,9-10,15-16,18H2,1H3,(H,42,47)(H,43,46)(H4,36,37,40)(H4,38,39,41);2-5,9-10,12-13,15-16,19,23,27H,6-8,11,14,17-18,20H2,1H3,(H,41,46)(H,42,45)(H4,35,36,39)(H4,37,38,40)/p+6. The monoisotopic (exact) mass is 2090 g/mol. The van der Waals surface area contributed by atoms with Gasteiger partial charge in [0.2, 0.25) is 52.4 Å². The number of ether oxygens (including phenoxy) is 3. The molecule has 0 spiro atoms. The quantitative estimate of drug-likeness (QED) is 0.00328. The van der Waals surface area contributed by atoms with Crippen LogP contribution >= 0.6 is 27.5 Å². The molecular weight excluding hydrogens is 1960 g/mol. The summed E-state index contributed by atoms with van der Waals surface area (Å²) in [6.07, 6.45) is 4.24. The van der Waals surface area contributed by atoms with E-state index in [1.807, 2.05) is 91.0 Å². The molecule has 44 heteroatoms. The van der Waals surface area contributed by atoms with Gasteiger partial charge in [0.05, 0.1) is 88.8 Å². The number of ketones is 6. The van der Waals surface area contributed by atoms with Crippen LogP contribution < -0.4 is 131 Å². The first-order valence-electron chi connectivity index (χ1n) is 46.9. The number of esters is 3. The van der Waals surface area contributed by atoms with Gasteiger partial charge in [0.15, 0.2) is 0 Å². The molecule has 0 aromatic heterocycles. The SMILES string of the molecule is COC(=O)C(CCC[NH+]=C(N)N)NC(=O)C(CCCC[NH+]=C(N)N)CC(=O)C(=O)c1cc(Br)ccc1NC(=O)c1ccc2ccccc2c1.COC(=O)C(CCC[NH+]=C(N)N)NC(=O)C(CCCC[NH+]=C(N)N)CC(=O)C(=O)c1cc(Cl)ccc1NC(=O)c1ccc2ccccc2c1.COC(=O)C(CCC[NH+]=C(N)N)NC(=O)C(CCCC[NH+]=C(N)N)CC(=O)C(=O)c1ccccc1NC(=O)c1ccc2ccccc2c1. The first-order valence-corrected chi connectivity index (χ1v) is 48.1. The lowest BCUT2D eigenvalue weighted by atomic mass is 9.91. The zero-order valence-electron chi connectivity index (χ0n) is 81.4. The normalized spacial score (nSPS) is 11.9. The van der Waals surface area contributed by atoms with Gasteiger partial charge >= 0.3 is 53.7 Å². The number of anilines is 3. The van der Waals surface area contributed by atoms with Crippen molar-refractivity contribution in [1.82, 2.24) is 16.0 Å². The summed E-state index contributed by atoms with van der Waals surface area (Å²) in [4.78, 5) is 215. The number of halogens is 2. The Morgan fingerprint density at radius 1 is 0.295 bits per heavy atom. The average Bonchev–Trinajstić information content (AvgIpc) is 0.815. The van der Waals surface area contributed by atoms with Crippen LogP contribution in [0.1, 0.15) is 178 Å². The fourth-order valence-electron chi connectivity index (χ4n) is 15.3. The number of guanidine groups is 6. The molecule has 774 valence electrons. The molecule has 0 heterocycles. The number of nitrogens with one attached hydrogen (secondary N) is 12. The topological polar surface area (TPSA) is 752 Å². The van der Waals surface area contributed by atoms with Crippen molar-refractivity contribution in [2.75, 3.05) is 76.5 Å². The zero-order valence-corrected chi connectivity index (χ0v) is 83.7. The number of benzene rings is 9. The van der Waals surface area contributed by atoms with Gasteiger partial charge in [-0.3, -0.25) is 156 Å². The van der Waals surface area contributed by atoms with Crippen molar-refractivity contribution in [1.29, 1.82) is 0 Å². The van der Waals surface area contributed by atoms with E-state index in [1.165, 1.54) is 63.8 Å². The Morgan fingerprint density at radius 3 is 0.870 bits per heavy atom. The molecule has 42 nitrogen and oxygen atoms in total. The molecule has 6 atom stereocenters. The molecule has 0 saturated heterocycles. The first kappa shape index (κ1) is 116. The maximum Gasteiger partial charge on any atom is 0.338 e. The number of Topliss-reactive ketones (excluding diaryl/α,β-unsaturated/α-hetero) is 6. The largest absolute Gasteiger partial charge is 0.467 e. The Morgan fingerprint density at radius 2 is 0.562 bits per heavy atom. The minimum absolute atomic E-state index is 0.00938. The van der Waals surface area contributed by atoms with E-state index in [0.717, 1.165) is 32.3 Å². The molecule has 36 N–H and O–H groups in total. The van der Waals surface area contributed by atoms with Gasteiger partial charge in [-0.05, 0) is 214 Å². The Balaban J connectivity index is 0.000000297. The highest BCUT2D eigenvalue weighted by Gasteiger charge is 2.36. The lowest BCUT2D eigenvalue weighted by Crippen LogP contribution is -2.78. The molecule has 146 heavy (non-hydrogen) atoms. The van der Waals surface area contributed by atoms with Crippen LogP contribution in [0.25, 0.3) is 32.3 Å². The molecule has 0 fully saturated rings. The Bertz CT molecular complexity index is 6100. The second kappa shape index (κ2) is 60.6. The summed E-state index contributed by atoms with van der Waals surface area (Å²) >= 11 is 9.54. The molecule has 6 unspecified atom stereocenters. The zero-order chi connectivity index (χ0) is 107. The molecule has 9 aromatic rings. The molecule has 9 aromatic carbocycles. The highest BCUT2D eigenvalue weighted by Crippen LogP contribution is 2.30. The summed E-state index contributed by atoms with van der Waals surface area (Å²) in [5, 5.41) is 21.9. The highest BCUT2D eigenvalue weighted by atomic mass is 79.9. The molecule has 0 aliphatic carbocycles.